The molecule has 2 heterocycles. The van der Waals surface area contributed by atoms with E-state index in [1.165, 1.54) is 0 Å². The van der Waals surface area contributed by atoms with Gasteiger partial charge in [-0.2, -0.15) is 5.26 Å². The molecule has 266 valence electrons. The second-order valence-electron chi connectivity index (χ2n) is 12.2. The van der Waals surface area contributed by atoms with Gasteiger partial charge in [-0.05, 0) is 94.6 Å². The van der Waals surface area contributed by atoms with Crippen LogP contribution in [0.4, 0.5) is 4.79 Å². The third-order valence-corrected chi connectivity index (χ3v) is 8.27. The second kappa shape index (κ2) is 18.7. The minimum absolute atomic E-state index is 0.370. The maximum absolute atomic E-state index is 12.6. The number of nitrogens with zero attached hydrogens (tertiary/aromatic N) is 4. The number of nitriles is 1. The van der Waals surface area contributed by atoms with E-state index in [1.807, 2.05) is 125 Å². The first-order valence-corrected chi connectivity index (χ1v) is 17.5. The van der Waals surface area contributed by atoms with E-state index in [2.05, 4.69) is 16.0 Å². The Morgan fingerprint density at radius 1 is 0.750 bits per heavy atom. The summed E-state index contributed by atoms with van der Waals surface area (Å²) in [6, 6.07) is 37.1. The first-order valence-electron chi connectivity index (χ1n) is 17.5. The Kier molecular flexibility index (Phi) is 13.4. The van der Waals surface area contributed by atoms with Gasteiger partial charge in [-0.3, -0.25) is 0 Å². The molecular weight excluding hydrogens is 652 g/mol. The van der Waals surface area contributed by atoms with Gasteiger partial charge in [0.25, 0.3) is 0 Å². The summed E-state index contributed by atoms with van der Waals surface area (Å²) < 4.78 is 22.9. The van der Waals surface area contributed by atoms with Crippen molar-refractivity contribution < 1.29 is 23.1 Å². The number of hydrogen-bond acceptors (Lipinski definition) is 8. The largest absolute Gasteiger partial charge is 0.494 e. The fraction of sp³-hybridized carbons (Fsp3) is 0.256. The lowest BCUT2D eigenvalue weighted by molar-refractivity contribution is 0.152. The quantitative estimate of drug-likeness (QED) is 0.110. The van der Waals surface area contributed by atoms with Crippen molar-refractivity contribution in [3.8, 4) is 40.5 Å². The lowest BCUT2D eigenvalue weighted by Crippen LogP contribution is -2.32. The summed E-state index contributed by atoms with van der Waals surface area (Å²) in [5.41, 5.74) is 5.87. The number of oxazole rings is 2. The highest BCUT2D eigenvalue weighted by Gasteiger charge is 2.16. The van der Waals surface area contributed by atoms with Crippen LogP contribution in [0.3, 0.4) is 0 Å². The summed E-state index contributed by atoms with van der Waals surface area (Å²) >= 11 is 0. The van der Waals surface area contributed by atoms with Crippen LogP contribution in [0.15, 0.2) is 118 Å². The molecule has 0 saturated carbocycles. The Bertz CT molecular complexity index is 2050. The van der Waals surface area contributed by atoms with Crippen molar-refractivity contribution in [2.45, 2.75) is 59.9 Å². The molecule has 0 bridgehead atoms. The van der Waals surface area contributed by atoms with E-state index in [0.717, 1.165) is 63.8 Å². The van der Waals surface area contributed by atoms with Crippen molar-refractivity contribution in [2.24, 2.45) is 0 Å². The average Bonchev–Trinajstić information content (AvgIpc) is 3.74. The molecule has 0 aliphatic carbocycles. The van der Waals surface area contributed by atoms with Crippen LogP contribution in [0.1, 0.15) is 53.8 Å². The zero-order valence-corrected chi connectivity index (χ0v) is 30.2. The summed E-state index contributed by atoms with van der Waals surface area (Å²) in [7, 11) is 0. The van der Waals surface area contributed by atoms with Crippen LogP contribution < -0.4 is 9.47 Å². The lowest BCUT2D eigenvalue weighted by Gasteiger charge is -2.20. The van der Waals surface area contributed by atoms with Gasteiger partial charge in [-0.1, -0.05) is 66.2 Å². The molecule has 2 aromatic heterocycles. The van der Waals surface area contributed by atoms with Crippen molar-refractivity contribution >= 4 is 6.09 Å². The molecule has 6 rings (SSSR count). The highest BCUT2D eigenvalue weighted by Crippen LogP contribution is 2.24. The lowest BCUT2D eigenvalue weighted by atomic mass is 10.2. The molecule has 4 aromatic carbocycles. The number of aryl methyl sites for hydroxylation is 5. The standard InChI is InChI=1S/C30H32N2O4.C13H12N2O/c1-4-32(30(33)36-26-17-15-22(2)16-18-26)21-24-10-8-13-27(20-24)34-19-9-14-28-23(3)35-29(31-28)25-11-6-5-7-12-25;1-10-12(8-5-9-14)15-13(16-10)11-6-3-2-4-7-11/h5-8,10-13,15-18,20H,4,9,14,19,21H2,1-3H3;2-4,6-7H,5,8H2,1H3. The van der Waals surface area contributed by atoms with Gasteiger partial charge in [0.05, 0.1) is 24.1 Å². The van der Waals surface area contributed by atoms with Gasteiger partial charge in [0, 0.05) is 37.1 Å². The normalized spacial score (nSPS) is 10.5. The maximum atomic E-state index is 12.6. The van der Waals surface area contributed by atoms with Gasteiger partial charge in [0.15, 0.2) is 0 Å². The molecule has 0 saturated heterocycles. The smallest absolute Gasteiger partial charge is 0.415 e. The Hall–Kier alpha value is -6.14. The van der Waals surface area contributed by atoms with Crippen LogP contribution in [0.2, 0.25) is 0 Å². The number of hydrogen-bond donors (Lipinski definition) is 0. The van der Waals surface area contributed by atoms with Crippen LogP contribution in [0.25, 0.3) is 22.9 Å². The van der Waals surface area contributed by atoms with Crippen LogP contribution in [-0.4, -0.2) is 34.1 Å². The summed E-state index contributed by atoms with van der Waals surface area (Å²) in [5.74, 6) is 4.24. The van der Waals surface area contributed by atoms with Crippen LogP contribution in [0, 0.1) is 32.1 Å². The topological polar surface area (TPSA) is 115 Å². The first-order chi connectivity index (χ1) is 25.3. The van der Waals surface area contributed by atoms with E-state index in [-0.39, 0.29) is 6.09 Å². The van der Waals surface area contributed by atoms with Gasteiger partial charge >= 0.3 is 6.09 Å². The second-order valence-corrected chi connectivity index (χ2v) is 12.2. The zero-order chi connectivity index (χ0) is 36.7. The molecule has 0 fully saturated rings. The zero-order valence-electron chi connectivity index (χ0n) is 30.2. The van der Waals surface area contributed by atoms with E-state index in [1.54, 1.807) is 17.0 Å². The Balaban J connectivity index is 0.000000272. The molecule has 0 aliphatic heterocycles. The average molecular weight is 697 g/mol. The summed E-state index contributed by atoms with van der Waals surface area (Å²) in [6.07, 6.45) is 2.34. The fourth-order valence-electron chi connectivity index (χ4n) is 5.36. The molecule has 1 amide bonds. The minimum Gasteiger partial charge on any atom is -0.494 e. The number of ether oxygens (including phenoxy) is 2. The number of carbonyl (C=O) groups is 1. The Morgan fingerprint density at radius 2 is 1.35 bits per heavy atom. The third kappa shape index (κ3) is 10.7. The van der Waals surface area contributed by atoms with Crippen molar-refractivity contribution in [1.82, 2.24) is 14.9 Å². The molecule has 0 radical (unpaired) electrons. The summed E-state index contributed by atoms with van der Waals surface area (Å²) in [4.78, 5) is 23.4. The van der Waals surface area contributed by atoms with Crippen molar-refractivity contribution in [3.05, 3.63) is 143 Å². The molecule has 0 atom stereocenters. The predicted molar refractivity (Wildman–Crippen MR) is 201 cm³/mol. The number of amides is 1. The third-order valence-electron chi connectivity index (χ3n) is 8.27. The molecule has 0 aliphatic rings. The van der Waals surface area contributed by atoms with Gasteiger partial charge in [0.1, 0.15) is 23.0 Å². The molecule has 52 heavy (non-hydrogen) atoms. The van der Waals surface area contributed by atoms with Crippen LogP contribution >= 0.6 is 0 Å². The van der Waals surface area contributed by atoms with Gasteiger partial charge in [-0.15, -0.1) is 0 Å². The Morgan fingerprint density at radius 3 is 1.92 bits per heavy atom. The van der Waals surface area contributed by atoms with E-state index >= 15 is 0 Å². The summed E-state index contributed by atoms with van der Waals surface area (Å²) in [5, 5.41) is 8.53. The molecule has 0 unspecified atom stereocenters. The van der Waals surface area contributed by atoms with Crippen molar-refractivity contribution in [1.29, 1.82) is 5.26 Å². The van der Waals surface area contributed by atoms with Crippen molar-refractivity contribution in [2.75, 3.05) is 13.2 Å². The molecular formula is C43H44N4O5. The van der Waals surface area contributed by atoms with Gasteiger partial charge in [-0.25, -0.2) is 14.8 Å². The van der Waals surface area contributed by atoms with Crippen molar-refractivity contribution in [3.63, 3.8) is 0 Å². The minimum atomic E-state index is -0.370. The summed E-state index contributed by atoms with van der Waals surface area (Å²) in [6.45, 7) is 9.30. The maximum Gasteiger partial charge on any atom is 0.415 e. The highest BCUT2D eigenvalue weighted by molar-refractivity contribution is 5.70. The SMILES string of the molecule is CCN(Cc1cccc(OCCCc2nc(-c3ccccc3)oc2C)c1)C(=O)Oc1ccc(C)cc1.Cc1oc(-c2ccccc2)nc1CCC#N. The van der Waals surface area contributed by atoms with E-state index < -0.39 is 0 Å². The van der Waals surface area contributed by atoms with Gasteiger partial charge in [0.2, 0.25) is 11.8 Å². The van der Waals surface area contributed by atoms with E-state index in [0.29, 0.717) is 50.1 Å². The number of benzene rings is 4. The van der Waals surface area contributed by atoms with Crippen LogP contribution in [0.5, 0.6) is 11.5 Å². The molecule has 9 nitrogen and oxygen atoms in total. The molecule has 0 spiro atoms. The first kappa shape index (κ1) is 37.1. The van der Waals surface area contributed by atoms with E-state index in [4.69, 9.17) is 23.6 Å². The Labute approximate surface area is 305 Å². The predicted octanol–water partition coefficient (Wildman–Crippen LogP) is 10.1. The number of rotatable bonds is 13. The number of carbonyl (C=O) groups excluding carboxylic acids is 1. The highest BCUT2D eigenvalue weighted by atomic mass is 16.6. The molecule has 0 N–H and O–H groups in total. The fourth-order valence-corrected chi connectivity index (χ4v) is 5.36. The van der Waals surface area contributed by atoms with Gasteiger partial charge < -0.3 is 23.2 Å². The van der Waals surface area contributed by atoms with E-state index in [9.17, 15) is 4.79 Å². The monoisotopic (exact) mass is 696 g/mol. The van der Waals surface area contributed by atoms with Crippen LogP contribution in [-0.2, 0) is 19.4 Å². The number of aromatic nitrogens is 2. The molecule has 6 aromatic rings. The molecule has 9 heteroatoms.